The number of esters is 2. The van der Waals surface area contributed by atoms with E-state index < -0.39 is 11.9 Å². The maximum Gasteiger partial charge on any atom is 0.340 e. The number of fused-ring (bicyclic) bond motifs is 5. The van der Waals surface area contributed by atoms with E-state index in [1.807, 2.05) is 24.3 Å². The van der Waals surface area contributed by atoms with Crippen LogP contribution in [0.1, 0.15) is 37.4 Å². The standard InChI is InChI=1S/C21H17N3O4/c1-27-20(25)16-12-8-7-11-10-5-3-4-6-14(10)24-19(11)15(12)13(9-22)18(23)17(16)21(26)28-2/h3-6,24H,7-8,23H2,1-2H3. The number of aromatic amines is 1. The summed E-state index contributed by atoms with van der Waals surface area (Å²) in [6, 6.07) is 9.94. The number of hydrogen-bond donors (Lipinski definition) is 2. The van der Waals surface area contributed by atoms with Crippen LogP contribution < -0.4 is 5.73 Å². The smallest absolute Gasteiger partial charge is 0.340 e. The van der Waals surface area contributed by atoms with Gasteiger partial charge in [-0.2, -0.15) is 5.26 Å². The van der Waals surface area contributed by atoms with E-state index in [4.69, 9.17) is 15.2 Å². The number of nitrogens with two attached hydrogens (primary N) is 1. The molecule has 0 amide bonds. The van der Waals surface area contributed by atoms with Crippen LogP contribution in [0.3, 0.4) is 0 Å². The van der Waals surface area contributed by atoms with Gasteiger partial charge < -0.3 is 20.2 Å². The van der Waals surface area contributed by atoms with Crippen molar-refractivity contribution in [2.45, 2.75) is 12.8 Å². The monoisotopic (exact) mass is 375 g/mol. The number of carbonyl (C=O) groups is 2. The number of nitriles is 1. The van der Waals surface area contributed by atoms with Crippen LogP contribution in [0.2, 0.25) is 0 Å². The molecule has 0 saturated heterocycles. The zero-order valence-electron chi connectivity index (χ0n) is 15.4. The van der Waals surface area contributed by atoms with Crippen molar-refractivity contribution in [1.82, 2.24) is 4.98 Å². The number of benzene rings is 2. The minimum absolute atomic E-state index is 0.0603. The van der Waals surface area contributed by atoms with Crippen molar-refractivity contribution in [3.63, 3.8) is 0 Å². The van der Waals surface area contributed by atoms with Gasteiger partial charge in [0, 0.05) is 16.5 Å². The van der Waals surface area contributed by atoms with E-state index in [1.165, 1.54) is 14.2 Å². The molecule has 140 valence electrons. The molecule has 7 nitrogen and oxygen atoms in total. The fourth-order valence-corrected chi connectivity index (χ4v) is 4.03. The summed E-state index contributed by atoms with van der Waals surface area (Å²) in [5, 5.41) is 10.9. The molecule has 7 heteroatoms. The van der Waals surface area contributed by atoms with Crippen molar-refractivity contribution >= 4 is 28.5 Å². The molecule has 1 aliphatic carbocycles. The van der Waals surface area contributed by atoms with Crippen LogP contribution in [0.5, 0.6) is 0 Å². The summed E-state index contributed by atoms with van der Waals surface area (Å²) in [6.45, 7) is 0. The average Bonchev–Trinajstić information content (AvgIpc) is 3.10. The highest BCUT2D eigenvalue weighted by molar-refractivity contribution is 6.11. The lowest BCUT2D eigenvalue weighted by Crippen LogP contribution is -2.21. The Kier molecular flexibility index (Phi) is 4.04. The Balaban J connectivity index is 2.16. The first kappa shape index (κ1) is 17.6. The molecule has 1 heterocycles. The van der Waals surface area contributed by atoms with E-state index in [1.54, 1.807) is 0 Å². The van der Waals surface area contributed by atoms with Gasteiger partial charge in [-0.3, -0.25) is 0 Å². The molecule has 1 aliphatic rings. The number of ether oxygens (including phenoxy) is 2. The molecule has 28 heavy (non-hydrogen) atoms. The van der Waals surface area contributed by atoms with Crippen molar-refractivity contribution in [2.24, 2.45) is 0 Å². The fraction of sp³-hybridized carbons (Fsp3) is 0.190. The summed E-state index contributed by atoms with van der Waals surface area (Å²) < 4.78 is 9.73. The number of anilines is 1. The zero-order valence-corrected chi connectivity index (χ0v) is 15.4. The third kappa shape index (κ3) is 2.28. The number of nitrogens with one attached hydrogen (secondary N) is 1. The number of methoxy groups -OCH3 is 2. The number of rotatable bonds is 2. The van der Waals surface area contributed by atoms with E-state index >= 15 is 0 Å². The molecule has 0 spiro atoms. The number of carbonyl (C=O) groups excluding carboxylic acids is 2. The third-order valence-electron chi connectivity index (χ3n) is 5.22. The number of aromatic nitrogens is 1. The van der Waals surface area contributed by atoms with Crippen LogP contribution in [-0.2, 0) is 22.3 Å². The van der Waals surface area contributed by atoms with Crippen molar-refractivity contribution in [1.29, 1.82) is 5.26 Å². The molecule has 4 rings (SSSR count). The molecule has 3 aromatic rings. The molecule has 1 aromatic heterocycles. The molecule has 0 aliphatic heterocycles. The van der Waals surface area contributed by atoms with Gasteiger partial charge in [-0.15, -0.1) is 0 Å². The van der Waals surface area contributed by atoms with Crippen molar-refractivity contribution in [2.75, 3.05) is 20.0 Å². The first-order valence-corrected chi connectivity index (χ1v) is 8.68. The van der Waals surface area contributed by atoms with Crippen LogP contribution in [0, 0.1) is 11.3 Å². The number of aryl methyl sites for hydroxylation is 1. The number of para-hydroxylation sites is 1. The van der Waals surface area contributed by atoms with Gasteiger partial charge in [0.2, 0.25) is 0 Å². The van der Waals surface area contributed by atoms with Crippen molar-refractivity contribution < 1.29 is 19.1 Å². The molecule has 0 saturated carbocycles. The second kappa shape index (κ2) is 6.43. The number of H-pyrrole nitrogens is 1. The lowest BCUT2D eigenvalue weighted by atomic mass is 9.80. The molecule has 0 unspecified atom stereocenters. The highest BCUT2D eigenvalue weighted by Gasteiger charge is 2.35. The molecule has 0 bridgehead atoms. The first-order valence-electron chi connectivity index (χ1n) is 8.68. The predicted molar refractivity (Wildman–Crippen MR) is 103 cm³/mol. The Bertz CT molecular complexity index is 1200. The van der Waals surface area contributed by atoms with Gasteiger partial charge in [-0.05, 0) is 30.0 Å². The zero-order chi connectivity index (χ0) is 20.0. The van der Waals surface area contributed by atoms with E-state index in [9.17, 15) is 14.9 Å². The second-order valence-corrected chi connectivity index (χ2v) is 6.51. The second-order valence-electron chi connectivity index (χ2n) is 6.51. The Morgan fingerprint density at radius 1 is 1.07 bits per heavy atom. The van der Waals surface area contributed by atoms with Crippen LogP contribution >= 0.6 is 0 Å². The fourth-order valence-electron chi connectivity index (χ4n) is 4.03. The lowest BCUT2D eigenvalue weighted by molar-refractivity contribution is 0.0555. The quantitative estimate of drug-likeness (QED) is 0.525. The highest BCUT2D eigenvalue weighted by Crippen LogP contribution is 2.44. The van der Waals surface area contributed by atoms with E-state index in [-0.39, 0.29) is 22.4 Å². The van der Waals surface area contributed by atoms with E-state index in [0.29, 0.717) is 24.0 Å². The number of nitrogen functional groups attached to an aromatic ring is 1. The Hall–Kier alpha value is -3.79. The summed E-state index contributed by atoms with van der Waals surface area (Å²) in [7, 11) is 2.44. The molecule has 0 fully saturated rings. The van der Waals surface area contributed by atoms with Gasteiger partial charge in [0.25, 0.3) is 0 Å². The van der Waals surface area contributed by atoms with Gasteiger partial charge >= 0.3 is 11.9 Å². The lowest BCUT2D eigenvalue weighted by Gasteiger charge is -2.24. The van der Waals surface area contributed by atoms with Crippen LogP contribution in [0.4, 0.5) is 5.69 Å². The minimum atomic E-state index is -0.778. The molecule has 0 radical (unpaired) electrons. The summed E-state index contributed by atoms with van der Waals surface area (Å²) in [5.41, 5.74) is 10.0. The third-order valence-corrected chi connectivity index (χ3v) is 5.22. The van der Waals surface area contributed by atoms with Gasteiger partial charge in [-0.1, -0.05) is 18.2 Å². The predicted octanol–water partition coefficient (Wildman–Crippen LogP) is 2.96. The number of nitrogens with zero attached hydrogens (tertiary/aromatic N) is 1. The van der Waals surface area contributed by atoms with Crippen molar-refractivity contribution in [3.8, 4) is 17.3 Å². The molecule has 2 aromatic carbocycles. The van der Waals surface area contributed by atoms with Gasteiger partial charge in [0.1, 0.15) is 6.07 Å². The average molecular weight is 375 g/mol. The Labute approximate surface area is 160 Å². The van der Waals surface area contributed by atoms with Crippen LogP contribution in [0.15, 0.2) is 24.3 Å². The number of hydrogen-bond acceptors (Lipinski definition) is 6. The van der Waals surface area contributed by atoms with E-state index in [2.05, 4.69) is 11.1 Å². The van der Waals surface area contributed by atoms with Crippen LogP contribution in [-0.4, -0.2) is 31.1 Å². The largest absolute Gasteiger partial charge is 0.465 e. The summed E-state index contributed by atoms with van der Waals surface area (Å²) in [4.78, 5) is 28.3. The topological polar surface area (TPSA) is 118 Å². The molecular weight excluding hydrogens is 358 g/mol. The highest BCUT2D eigenvalue weighted by atomic mass is 16.5. The maximum atomic E-state index is 12.6. The Morgan fingerprint density at radius 2 is 1.71 bits per heavy atom. The first-order chi connectivity index (χ1) is 13.5. The molecule has 0 atom stereocenters. The SMILES string of the molecule is COC(=O)c1c(N)c(C#N)c2c(c1C(=O)OC)CCc1c-2[nH]c2ccccc12. The normalized spacial score (nSPS) is 12.0. The maximum absolute atomic E-state index is 12.6. The van der Waals surface area contributed by atoms with Gasteiger partial charge in [-0.25, -0.2) is 9.59 Å². The summed E-state index contributed by atoms with van der Waals surface area (Å²) >= 11 is 0. The summed E-state index contributed by atoms with van der Waals surface area (Å²) in [6.07, 6.45) is 1.11. The van der Waals surface area contributed by atoms with Gasteiger partial charge in [0.15, 0.2) is 0 Å². The molecular formula is C21H17N3O4. The van der Waals surface area contributed by atoms with Crippen LogP contribution in [0.25, 0.3) is 22.2 Å². The minimum Gasteiger partial charge on any atom is -0.465 e. The van der Waals surface area contributed by atoms with E-state index in [0.717, 1.165) is 22.2 Å². The van der Waals surface area contributed by atoms with Crippen molar-refractivity contribution in [3.05, 3.63) is 52.1 Å². The Morgan fingerprint density at radius 3 is 2.39 bits per heavy atom. The summed E-state index contributed by atoms with van der Waals surface area (Å²) in [5.74, 6) is -1.47. The molecule has 3 N–H and O–H groups in total. The van der Waals surface area contributed by atoms with Gasteiger partial charge in [0.05, 0.1) is 42.3 Å².